The highest BCUT2D eigenvalue weighted by atomic mass is 16.5. The molecule has 0 aromatic heterocycles. The molecule has 3 rings (SSSR count). The minimum absolute atomic E-state index is 0.228. The quantitative estimate of drug-likeness (QED) is 0.649. The summed E-state index contributed by atoms with van der Waals surface area (Å²) in [5, 5.41) is 20.1. The van der Waals surface area contributed by atoms with Crippen LogP contribution in [-0.4, -0.2) is 40.8 Å². The lowest BCUT2D eigenvalue weighted by molar-refractivity contribution is -0.137. The van der Waals surface area contributed by atoms with Crippen molar-refractivity contribution in [1.29, 1.82) is 5.26 Å². The van der Waals surface area contributed by atoms with Gasteiger partial charge in [-0.1, -0.05) is 6.08 Å². The van der Waals surface area contributed by atoms with Gasteiger partial charge in [0.15, 0.2) is 0 Å². The van der Waals surface area contributed by atoms with Crippen molar-refractivity contribution >= 4 is 5.91 Å². The van der Waals surface area contributed by atoms with E-state index in [-0.39, 0.29) is 12.5 Å². The number of carbonyl (C=O) groups is 1. The number of rotatable bonds is 5. The Kier molecular flexibility index (Phi) is 4.75. The summed E-state index contributed by atoms with van der Waals surface area (Å²) in [7, 11) is 0. The Balaban J connectivity index is 1.93. The van der Waals surface area contributed by atoms with Crippen LogP contribution in [-0.2, 0) is 9.53 Å². The fraction of sp³-hybridized carbons (Fsp3) is 0.400. The fourth-order valence-corrected chi connectivity index (χ4v) is 3.28. The van der Waals surface area contributed by atoms with E-state index >= 15 is 0 Å². The molecule has 6 heteroatoms. The zero-order valence-electron chi connectivity index (χ0n) is 14.9. The number of nitriles is 1. The minimum Gasteiger partial charge on any atom is -0.496 e. The zero-order chi connectivity index (χ0) is 18.9. The number of fused-ring (bicyclic) bond motifs is 1. The summed E-state index contributed by atoms with van der Waals surface area (Å²) in [5.41, 5.74) is 0.203. The first-order valence-electron chi connectivity index (χ1n) is 8.53. The van der Waals surface area contributed by atoms with Crippen molar-refractivity contribution in [2.24, 2.45) is 0 Å². The van der Waals surface area contributed by atoms with Gasteiger partial charge in [-0.05, 0) is 38.5 Å². The topological polar surface area (TPSA) is 82.8 Å². The molecule has 0 radical (unpaired) electrons. The molecule has 6 nitrogen and oxygen atoms in total. The predicted octanol–water partition coefficient (Wildman–Crippen LogP) is 2.45. The van der Waals surface area contributed by atoms with Gasteiger partial charge in [0, 0.05) is 11.6 Å². The SMILES string of the molecule is C=CCCOC1=CC(=O)N([C@@H]2c3cc(C#N)ccc3OC(C)(C)[C@H]2O)C1. The molecular formula is C20H22N2O4. The van der Waals surface area contributed by atoms with E-state index in [1.54, 1.807) is 43.0 Å². The molecule has 0 saturated heterocycles. The molecule has 1 aromatic rings. The van der Waals surface area contributed by atoms with Crippen LogP contribution in [0.5, 0.6) is 5.75 Å². The van der Waals surface area contributed by atoms with Gasteiger partial charge in [-0.15, -0.1) is 6.58 Å². The lowest BCUT2D eigenvalue weighted by atomic mass is 9.85. The van der Waals surface area contributed by atoms with Gasteiger partial charge in [0.2, 0.25) is 0 Å². The molecule has 2 aliphatic rings. The van der Waals surface area contributed by atoms with E-state index in [1.807, 2.05) is 0 Å². The summed E-state index contributed by atoms with van der Waals surface area (Å²) in [6.07, 6.45) is 2.94. The molecule has 1 amide bonds. The molecule has 0 saturated carbocycles. The second-order valence-corrected chi connectivity index (χ2v) is 6.96. The molecule has 1 N–H and O–H groups in total. The molecule has 0 unspecified atom stereocenters. The molecule has 0 fully saturated rings. The Morgan fingerprint density at radius 2 is 2.31 bits per heavy atom. The number of hydrogen-bond donors (Lipinski definition) is 1. The van der Waals surface area contributed by atoms with E-state index in [9.17, 15) is 15.2 Å². The molecule has 26 heavy (non-hydrogen) atoms. The van der Waals surface area contributed by atoms with Crippen molar-refractivity contribution in [3.8, 4) is 11.8 Å². The van der Waals surface area contributed by atoms with Gasteiger partial charge >= 0.3 is 0 Å². The predicted molar refractivity (Wildman–Crippen MR) is 95.2 cm³/mol. The van der Waals surface area contributed by atoms with Crippen LogP contribution in [0, 0.1) is 11.3 Å². The number of aliphatic hydroxyl groups excluding tert-OH is 1. The Morgan fingerprint density at radius 3 is 3.00 bits per heavy atom. The van der Waals surface area contributed by atoms with Crippen molar-refractivity contribution in [3.05, 3.63) is 53.8 Å². The molecule has 2 aliphatic heterocycles. The third-order valence-corrected chi connectivity index (χ3v) is 4.68. The Bertz CT molecular complexity index is 807. The maximum absolute atomic E-state index is 12.6. The van der Waals surface area contributed by atoms with E-state index in [2.05, 4.69) is 12.6 Å². The molecule has 2 atom stereocenters. The largest absolute Gasteiger partial charge is 0.496 e. The maximum Gasteiger partial charge on any atom is 0.251 e. The van der Waals surface area contributed by atoms with E-state index < -0.39 is 17.7 Å². The van der Waals surface area contributed by atoms with Gasteiger partial charge in [0.1, 0.15) is 23.2 Å². The smallest absolute Gasteiger partial charge is 0.251 e. The van der Waals surface area contributed by atoms with E-state index in [1.165, 1.54) is 6.08 Å². The van der Waals surface area contributed by atoms with Gasteiger partial charge in [-0.2, -0.15) is 5.26 Å². The summed E-state index contributed by atoms with van der Waals surface area (Å²) in [6.45, 7) is 7.92. The Morgan fingerprint density at radius 1 is 1.54 bits per heavy atom. The third-order valence-electron chi connectivity index (χ3n) is 4.68. The zero-order valence-corrected chi connectivity index (χ0v) is 14.9. The molecule has 0 aliphatic carbocycles. The number of ether oxygens (including phenoxy) is 2. The van der Waals surface area contributed by atoms with Crippen molar-refractivity contribution in [1.82, 2.24) is 4.90 Å². The lowest BCUT2D eigenvalue weighted by Crippen LogP contribution is -2.54. The molecule has 1 aromatic carbocycles. The molecule has 0 bridgehead atoms. The first kappa shape index (κ1) is 18.0. The van der Waals surface area contributed by atoms with Crippen LogP contribution in [0.1, 0.15) is 37.4 Å². The highest BCUT2D eigenvalue weighted by Gasteiger charge is 2.47. The average molecular weight is 354 g/mol. The summed E-state index contributed by atoms with van der Waals surface area (Å²) in [4.78, 5) is 14.1. The first-order chi connectivity index (χ1) is 12.4. The first-order valence-corrected chi connectivity index (χ1v) is 8.53. The van der Waals surface area contributed by atoms with Gasteiger partial charge < -0.3 is 19.5 Å². The molecule has 0 spiro atoms. The van der Waals surface area contributed by atoms with Crippen LogP contribution in [0.4, 0.5) is 0 Å². The van der Waals surface area contributed by atoms with Crippen molar-refractivity contribution in [2.75, 3.05) is 13.2 Å². The fourth-order valence-electron chi connectivity index (χ4n) is 3.28. The van der Waals surface area contributed by atoms with Crippen molar-refractivity contribution in [2.45, 2.75) is 38.0 Å². The molecular weight excluding hydrogens is 332 g/mol. The minimum atomic E-state index is -0.950. The van der Waals surface area contributed by atoms with Crippen LogP contribution in [0.2, 0.25) is 0 Å². The van der Waals surface area contributed by atoms with Gasteiger partial charge in [-0.3, -0.25) is 4.79 Å². The van der Waals surface area contributed by atoms with Crippen LogP contribution in [0.3, 0.4) is 0 Å². The number of aliphatic hydroxyl groups is 1. The monoisotopic (exact) mass is 354 g/mol. The summed E-state index contributed by atoms with van der Waals surface area (Å²) < 4.78 is 11.5. The Hall–Kier alpha value is -2.78. The number of benzene rings is 1. The average Bonchev–Trinajstić information content (AvgIpc) is 2.96. The van der Waals surface area contributed by atoms with Gasteiger partial charge in [0.25, 0.3) is 5.91 Å². The lowest BCUT2D eigenvalue weighted by Gasteiger charge is -2.45. The van der Waals surface area contributed by atoms with Crippen molar-refractivity contribution < 1.29 is 19.4 Å². The van der Waals surface area contributed by atoms with Crippen LogP contribution in [0.15, 0.2) is 42.7 Å². The van der Waals surface area contributed by atoms with Gasteiger partial charge in [0.05, 0.1) is 30.8 Å². The van der Waals surface area contributed by atoms with Crippen LogP contribution < -0.4 is 4.74 Å². The number of amides is 1. The van der Waals surface area contributed by atoms with E-state index in [0.29, 0.717) is 35.7 Å². The number of carbonyl (C=O) groups excluding carboxylic acids is 1. The van der Waals surface area contributed by atoms with Crippen LogP contribution in [0.25, 0.3) is 0 Å². The summed E-state index contributed by atoms with van der Waals surface area (Å²) in [5.74, 6) is 0.901. The summed E-state index contributed by atoms with van der Waals surface area (Å²) in [6, 6.07) is 6.52. The van der Waals surface area contributed by atoms with Crippen molar-refractivity contribution in [3.63, 3.8) is 0 Å². The van der Waals surface area contributed by atoms with Crippen LogP contribution >= 0.6 is 0 Å². The molecule has 136 valence electrons. The second-order valence-electron chi connectivity index (χ2n) is 6.96. The maximum atomic E-state index is 12.6. The normalized spacial score (nSPS) is 23.5. The van der Waals surface area contributed by atoms with E-state index in [4.69, 9.17) is 9.47 Å². The third kappa shape index (κ3) is 3.18. The van der Waals surface area contributed by atoms with E-state index in [0.717, 1.165) is 0 Å². The number of hydrogen-bond acceptors (Lipinski definition) is 5. The standard InChI is InChI=1S/C20H22N2O4/c1-4-5-8-25-14-10-17(23)22(12-14)18-15-9-13(11-21)6-7-16(15)26-20(2,3)19(18)24/h4,6-7,9-10,18-19,24H,1,5,8,12H2,2-3H3/t18-,19+/m1/s1. The molecule has 2 heterocycles. The second kappa shape index (κ2) is 6.85. The van der Waals surface area contributed by atoms with Gasteiger partial charge in [-0.25, -0.2) is 0 Å². The Labute approximate surface area is 152 Å². The highest BCUT2D eigenvalue weighted by molar-refractivity contribution is 5.91. The highest BCUT2D eigenvalue weighted by Crippen LogP contribution is 2.44. The number of nitrogens with zero attached hydrogens (tertiary/aromatic N) is 2. The summed E-state index contributed by atoms with van der Waals surface area (Å²) >= 11 is 0.